The monoisotopic (exact) mass is 305 g/mol. The van der Waals surface area contributed by atoms with Gasteiger partial charge in [-0.05, 0) is 37.3 Å². The van der Waals surface area contributed by atoms with Crippen LogP contribution in [0.15, 0.2) is 30.3 Å². The Balaban J connectivity index is 2.71. The highest BCUT2D eigenvalue weighted by Crippen LogP contribution is 2.42. The molecule has 0 aliphatic heterocycles. The van der Waals surface area contributed by atoms with Crippen LogP contribution in [0.5, 0.6) is 11.5 Å². The molecule has 2 aromatic carbocycles. The Kier molecular flexibility index (Phi) is 4.70. The Bertz CT molecular complexity index is 671. The van der Waals surface area contributed by atoms with Gasteiger partial charge in [0.05, 0.1) is 19.3 Å². The van der Waals surface area contributed by atoms with E-state index in [1.165, 1.54) is 7.11 Å². The van der Waals surface area contributed by atoms with Crippen molar-refractivity contribution < 1.29 is 14.3 Å². The first-order valence-corrected chi connectivity index (χ1v) is 6.84. The molecule has 0 aromatic heterocycles. The summed E-state index contributed by atoms with van der Waals surface area (Å²) in [5, 5.41) is 0.568. The van der Waals surface area contributed by atoms with Gasteiger partial charge in [0.2, 0.25) is 0 Å². The van der Waals surface area contributed by atoms with Gasteiger partial charge in [-0.3, -0.25) is 4.79 Å². The van der Waals surface area contributed by atoms with Crippen molar-refractivity contribution in [2.24, 2.45) is 0 Å². The summed E-state index contributed by atoms with van der Waals surface area (Å²) in [7, 11) is 1.52. The summed E-state index contributed by atoms with van der Waals surface area (Å²) in [6, 6.07) is 8.65. The van der Waals surface area contributed by atoms with Crippen LogP contribution in [-0.2, 0) is 0 Å². The van der Waals surface area contributed by atoms with Crippen LogP contribution in [0.25, 0.3) is 11.1 Å². The van der Waals surface area contributed by atoms with E-state index in [-0.39, 0.29) is 0 Å². The van der Waals surface area contributed by atoms with Gasteiger partial charge < -0.3 is 15.2 Å². The fourth-order valence-electron chi connectivity index (χ4n) is 2.14. The number of aldehydes is 1. The van der Waals surface area contributed by atoms with E-state index in [0.29, 0.717) is 34.4 Å². The van der Waals surface area contributed by atoms with Crippen LogP contribution in [0.4, 0.5) is 5.69 Å². The van der Waals surface area contributed by atoms with Gasteiger partial charge in [0, 0.05) is 21.8 Å². The number of anilines is 1. The molecule has 0 fully saturated rings. The SMILES string of the molecule is CCOc1c(C=O)ccc(-c2cc(Cl)ccc2N)c1OC. The summed E-state index contributed by atoms with van der Waals surface area (Å²) < 4.78 is 11.0. The lowest BCUT2D eigenvalue weighted by Gasteiger charge is -2.17. The largest absolute Gasteiger partial charge is 0.492 e. The van der Waals surface area contributed by atoms with Gasteiger partial charge in [0.15, 0.2) is 17.8 Å². The number of rotatable bonds is 5. The van der Waals surface area contributed by atoms with Crippen LogP contribution in [0.3, 0.4) is 0 Å². The van der Waals surface area contributed by atoms with Gasteiger partial charge >= 0.3 is 0 Å². The number of nitrogen functional groups attached to an aromatic ring is 1. The van der Waals surface area contributed by atoms with E-state index in [4.69, 9.17) is 26.8 Å². The third-order valence-corrected chi connectivity index (χ3v) is 3.30. The number of halogens is 1. The normalized spacial score (nSPS) is 10.2. The summed E-state index contributed by atoms with van der Waals surface area (Å²) in [6.07, 6.45) is 0.735. The highest BCUT2D eigenvalue weighted by molar-refractivity contribution is 6.31. The molecule has 0 amide bonds. The zero-order valence-corrected chi connectivity index (χ0v) is 12.6. The summed E-state index contributed by atoms with van der Waals surface area (Å²) in [5.74, 6) is 0.877. The fourth-order valence-corrected chi connectivity index (χ4v) is 2.31. The molecule has 21 heavy (non-hydrogen) atoms. The van der Waals surface area contributed by atoms with Crippen molar-refractivity contribution in [2.45, 2.75) is 6.92 Å². The van der Waals surface area contributed by atoms with Gasteiger partial charge in [0.1, 0.15) is 0 Å². The molecule has 0 bridgehead atoms. The molecule has 2 N–H and O–H groups in total. The Morgan fingerprint density at radius 1 is 1.19 bits per heavy atom. The third kappa shape index (κ3) is 2.95. The van der Waals surface area contributed by atoms with E-state index >= 15 is 0 Å². The van der Waals surface area contributed by atoms with Crippen molar-refractivity contribution in [1.29, 1.82) is 0 Å². The van der Waals surface area contributed by atoms with Crippen molar-refractivity contribution in [3.05, 3.63) is 40.9 Å². The van der Waals surface area contributed by atoms with Gasteiger partial charge in [-0.25, -0.2) is 0 Å². The molecule has 0 aliphatic carbocycles. The van der Waals surface area contributed by atoms with Gasteiger partial charge in [-0.15, -0.1) is 0 Å². The van der Waals surface area contributed by atoms with Crippen molar-refractivity contribution in [3.8, 4) is 22.6 Å². The Morgan fingerprint density at radius 3 is 2.57 bits per heavy atom. The first-order chi connectivity index (χ1) is 10.1. The lowest BCUT2D eigenvalue weighted by molar-refractivity contribution is 0.111. The average molecular weight is 306 g/mol. The summed E-state index contributed by atoms with van der Waals surface area (Å²) in [6.45, 7) is 2.26. The summed E-state index contributed by atoms with van der Waals surface area (Å²) >= 11 is 6.04. The van der Waals surface area contributed by atoms with E-state index in [1.807, 2.05) is 6.92 Å². The molecule has 0 unspecified atom stereocenters. The van der Waals surface area contributed by atoms with Crippen molar-refractivity contribution in [2.75, 3.05) is 19.5 Å². The molecule has 0 radical (unpaired) electrons. The third-order valence-electron chi connectivity index (χ3n) is 3.07. The van der Waals surface area contributed by atoms with Crippen molar-refractivity contribution >= 4 is 23.6 Å². The minimum Gasteiger partial charge on any atom is -0.492 e. The maximum absolute atomic E-state index is 11.2. The molecule has 0 spiro atoms. The highest BCUT2D eigenvalue weighted by Gasteiger charge is 2.18. The molecule has 5 heteroatoms. The van der Waals surface area contributed by atoms with E-state index < -0.39 is 0 Å². The molecule has 0 heterocycles. The zero-order chi connectivity index (χ0) is 15.4. The van der Waals surface area contributed by atoms with Gasteiger partial charge in [-0.2, -0.15) is 0 Å². The van der Waals surface area contributed by atoms with Crippen LogP contribution in [0.1, 0.15) is 17.3 Å². The maximum atomic E-state index is 11.2. The molecule has 2 rings (SSSR count). The van der Waals surface area contributed by atoms with Crippen LogP contribution in [-0.4, -0.2) is 20.0 Å². The number of nitrogens with two attached hydrogens (primary N) is 1. The molecule has 0 aliphatic rings. The van der Waals surface area contributed by atoms with E-state index in [1.54, 1.807) is 30.3 Å². The first kappa shape index (κ1) is 15.2. The first-order valence-electron chi connectivity index (χ1n) is 6.46. The average Bonchev–Trinajstić information content (AvgIpc) is 2.49. The Hall–Kier alpha value is -2.20. The van der Waals surface area contributed by atoms with Crippen LogP contribution in [0.2, 0.25) is 5.02 Å². The number of hydrogen-bond donors (Lipinski definition) is 1. The van der Waals surface area contributed by atoms with E-state index in [0.717, 1.165) is 17.4 Å². The number of ether oxygens (including phenoxy) is 2. The standard InChI is InChI=1S/C16H16ClNO3/c1-3-21-15-10(9-19)4-6-12(16(15)20-2)13-8-11(17)5-7-14(13)18/h4-9H,3,18H2,1-2H3. The second-order valence-corrected chi connectivity index (χ2v) is 4.78. The summed E-state index contributed by atoms with van der Waals surface area (Å²) in [5.41, 5.74) is 8.47. The molecule has 0 saturated heterocycles. The number of methoxy groups -OCH3 is 1. The van der Waals surface area contributed by atoms with Gasteiger partial charge in [-0.1, -0.05) is 11.6 Å². The molecule has 110 valence electrons. The molecule has 0 saturated carbocycles. The van der Waals surface area contributed by atoms with Crippen molar-refractivity contribution in [1.82, 2.24) is 0 Å². The molecule has 2 aromatic rings. The van der Waals surface area contributed by atoms with E-state index in [2.05, 4.69) is 0 Å². The van der Waals surface area contributed by atoms with Crippen LogP contribution < -0.4 is 15.2 Å². The number of benzene rings is 2. The van der Waals surface area contributed by atoms with Crippen LogP contribution in [0, 0.1) is 0 Å². The highest BCUT2D eigenvalue weighted by atomic mass is 35.5. The second kappa shape index (κ2) is 6.50. The minimum atomic E-state index is 0.409. The minimum absolute atomic E-state index is 0.409. The Labute approximate surface area is 128 Å². The predicted molar refractivity (Wildman–Crippen MR) is 84.4 cm³/mol. The molecule has 0 atom stereocenters. The molecular formula is C16H16ClNO3. The smallest absolute Gasteiger partial charge is 0.172 e. The quantitative estimate of drug-likeness (QED) is 0.674. The van der Waals surface area contributed by atoms with Crippen molar-refractivity contribution in [3.63, 3.8) is 0 Å². The Morgan fingerprint density at radius 2 is 1.95 bits per heavy atom. The maximum Gasteiger partial charge on any atom is 0.172 e. The second-order valence-electron chi connectivity index (χ2n) is 4.35. The van der Waals surface area contributed by atoms with E-state index in [9.17, 15) is 4.79 Å². The molecule has 4 nitrogen and oxygen atoms in total. The fraction of sp³-hybridized carbons (Fsp3) is 0.188. The van der Waals surface area contributed by atoms with Crippen LogP contribution >= 0.6 is 11.6 Å². The molecular weight excluding hydrogens is 290 g/mol. The number of carbonyl (C=O) groups excluding carboxylic acids is 1. The topological polar surface area (TPSA) is 61.5 Å². The zero-order valence-electron chi connectivity index (χ0n) is 11.9. The predicted octanol–water partition coefficient (Wildman–Crippen LogP) is 3.81. The van der Waals surface area contributed by atoms with Gasteiger partial charge in [0.25, 0.3) is 0 Å². The lowest BCUT2D eigenvalue weighted by atomic mass is 10.00. The number of carbonyl (C=O) groups is 1. The lowest BCUT2D eigenvalue weighted by Crippen LogP contribution is -2.01. The number of hydrogen-bond acceptors (Lipinski definition) is 4. The summed E-state index contributed by atoms with van der Waals surface area (Å²) in [4.78, 5) is 11.2.